The first kappa shape index (κ1) is 27.4. The van der Waals surface area contributed by atoms with Crippen molar-refractivity contribution in [3.8, 4) is 0 Å². The van der Waals surface area contributed by atoms with Gasteiger partial charge in [0.2, 0.25) is 0 Å². The van der Waals surface area contributed by atoms with E-state index in [4.69, 9.17) is 25.9 Å². The molecule has 1 N–H and O–H groups in total. The third-order valence-corrected chi connectivity index (χ3v) is 6.74. The summed E-state index contributed by atoms with van der Waals surface area (Å²) in [5, 5.41) is 0. The van der Waals surface area contributed by atoms with Crippen LogP contribution in [-0.4, -0.2) is 44.8 Å². The summed E-state index contributed by atoms with van der Waals surface area (Å²) < 4.78 is 72.2. The zero-order chi connectivity index (χ0) is 23.7. The number of pyridine rings is 3. The Morgan fingerprint density at radius 3 is 1.42 bits per heavy atom. The van der Waals surface area contributed by atoms with E-state index in [9.17, 15) is 25.3 Å². The van der Waals surface area contributed by atoms with Gasteiger partial charge in [0.25, 0.3) is 28.2 Å². The van der Waals surface area contributed by atoms with E-state index >= 15 is 0 Å². The summed E-state index contributed by atoms with van der Waals surface area (Å²) in [5.41, 5.74) is 0. The predicted octanol–water partition coefficient (Wildman–Crippen LogP) is 3.11. The van der Waals surface area contributed by atoms with E-state index in [1.54, 1.807) is 0 Å². The van der Waals surface area contributed by atoms with Gasteiger partial charge in [-0.3, -0.25) is 19.5 Å². The van der Waals surface area contributed by atoms with Crippen LogP contribution in [-0.2, 0) is 28.2 Å². The summed E-state index contributed by atoms with van der Waals surface area (Å²) in [7, 11) is -1.27. The molecule has 0 spiro atoms. The second kappa shape index (κ2) is 11.8. The first-order valence-corrected chi connectivity index (χ1v) is 14.3. The minimum absolute atomic E-state index is 0.00598. The molecule has 3 aromatic rings. The van der Waals surface area contributed by atoms with Gasteiger partial charge in [0, 0.05) is 63.0 Å². The highest BCUT2D eigenvalue weighted by molar-refractivity contribution is 9.10. The zero-order valence-electron chi connectivity index (χ0n) is 14.9. The van der Waals surface area contributed by atoms with Gasteiger partial charge < -0.3 is 0 Å². The summed E-state index contributed by atoms with van der Waals surface area (Å²) in [6.07, 6.45) is 7.84. The van der Waals surface area contributed by atoms with E-state index in [1.807, 2.05) is 0 Å². The van der Waals surface area contributed by atoms with Crippen LogP contribution in [0.2, 0.25) is 0 Å². The van der Waals surface area contributed by atoms with Crippen LogP contribution in [0.15, 0.2) is 86.7 Å². The molecule has 0 unspecified atom stereocenters. The summed E-state index contributed by atoms with van der Waals surface area (Å²) in [5.74, 6) is 0. The van der Waals surface area contributed by atoms with Crippen LogP contribution < -0.4 is 0 Å². The molecule has 3 rings (SSSR count). The van der Waals surface area contributed by atoms with Crippen LogP contribution >= 0.6 is 37.3 Å². The molecule has 0 radical (unpaired) electrons. The summed E-state index contributed by atoms with van der Waals surface area (Å²) in [4.78, 5) is 10.6. The normalized spacial score (nSPS) is 11.4. The fourth-order valence-electron chi connectivity index (χ4n) is 1.52. The van der Waals surface area contributed by atoms with E-state index in [0.29, 0.717) is 4.47 Å². The monoisotopic (exact) mass is 591 g/mol. The highest BCUT2D eigenvalue weighted by Gasteiger charge is 2.10. The Labute approximate surface area is 196 Å². The van der Waals surface area contributed by atoms with Crippen molar-refractivity contribution >= 4 is 65.5 Å². The van der Waals surface area contributed by atoms with Gasteiger partial charge in [-0.15, -0.1) is 0 Å². The molecule has 0 amide bonds. The highest BCUT2D eigenvalue weighted by Crippen LogP contribution is 2.17. The third kappa shape index (κ3) is 11.0. The molecule has 0 aliphatic carbocycles. The average Bonchev–Trinajstić information content (AvgIpc) is 2.68. The van der Waals surface area contributed by atoms with E-state index in [2.05, 4.69) is 30.9 Å². The Morgan fingerprint density at radius 2 is 1.16 bits per heavy atom. The van der Waals surface area contributed by atoms with Crippen LogP contribution in [0, 0.1) is 0 Å². The molecule has 0 aromatic carbocycles. The van der Waals surface area contributed by atoms with Crippen molar-refractivity contribution in [3.05, 3.63) is 72.0 Å². The van der Waals surface area contributed by atoms with Crippen LogP contribution in [0.4, 0.5) is 0 Å². The van der Waals surface area contributed by atoms with Crippen LogP contribution in [0.1, 0.15) is 0 Å². The fraction of sp³-hybridized carbons (Fsp3) is 0. The maximum Gasteiger partial charge on any atom is 0.296 e. The molecular weight excluding hydrogens is 581 g/mol. The average molecular weight is 593 g/mol. The molecule has 0 fully saturated rings. The quantitative estimate of drug-likeness (QED) is 0.353. The van der Waals surface area contributed by atoms with Crippen molar-refractivity contribution < 1.29 is 29.8 Å². The van der Waals surface area contributed by atoms with Crippen LogP contribution in [0.5, 0.6) is 0 Å². The molecule has 0 saturated carbocycles. The molecule has 0 atom stereocenters. The molecule has 10 nitrogen and oxygen atoms in total. The molecular formula is C15H12BrCl2N3O7S3. The minimum atomic E-state index is -4.07. The van der Waals surface area contributed by atoms with Crippen molar-refractivity contribution in [2.75, 3.05) is 0 Å². The number of hydrogen-bond donors (Lipinski definition) is 1. The topological polar surface area (TPSA) is 161 Å². The lowest BCUT2D eigenvalue weighted by atomic mass is 10.5. The Hall–Kier alpha value is -1.68. The molecule has 0 saturated heterocycles. The summed E-state index contributed by atoms with van der Waals surface area (Å²) >= 11 is 3.07. The molecule has 3 heterocycles. The van der Waals surface area contributed by atoms with Gasteiger partial charge in [-0.25, -0.2) is 16.8 Å². The molecule has 0 bridgehead atoms. The van der Waals surface area contributed by atoms with Crippen molar-refractivity contribution in [2.45, 2.75) is 14.7 Å². The van der Waals surface area contributed by atoms with Crippen molar-refractivity contribution in [1.29, 1.82) is 0 Å². The van der Waals surface area contributed by atoms with Crippen molar-refractivity contribution in [2.24, 2.45) is 0 Å². The second-order valence-electron chi connectivity index (χ2n) is 5.07. The van der Waals surface area contributed by atoms with Crippen LogP contribution in [0.3, 0.4) is 0 Å². The second-order valence-corrected chi connectivity index (χ2v) is 12.5. The minimum Gasteiger partial charge on any atom is -0.282 e. The van der Waals surface area contributed by atoms with E-state index < -0.39 is 28.2 Å². The molecule has 168 valence electrons. The standard InChI is InChI=1S/C5H3BrClNO2S.C5H4ClNO2S.C5H5NO3S/c6-4-1-5(3-8-2-4)11(7,9)10;6-10(8,9)5-2-1-3-7-4-5;7-10(8,9)5-2-1-3-6-4-5/h1-3H;1-4H;1-4H,(H,7,8,9). The number of aromatic nitrogens is 3. The molecule has 31 heavy (non-hydrogen) atoms. The number of rotatable bonds is 3. The maximum atomic E-state index is 10.7. The summed E-state index contributed by atoms with van der Waals surface area (Å²) in [6, 6.07) is 6.98. The predicted molar refractivity (Wildman–Crippen MR) is 116 cm³/mol. The number of hydrogen-bond acceptors (Lipinski definition) is 9. The van der Waals surface area contributed by atoms with Gasteiger partial charge in [-0.1, -0.05) is 0 Å². The smallest absolute Gasteiger partial charge is 0.282 e. The van der Waals surface area contributed by atoms with Gasteiger partial charge >= 0.3 is 0 Å². The molecule has 16 heteroatoms. The van der Waals surface area contributed by atoms with Gasteiger partial charge in [0.05, 0.1) is 0 Å². The highest BCUT2D eigenvalue weighted by atomic mass is 79.9. The van der Waals surface area contributed by atoms with Crippen LogP contribution in [0.25, 0.3) is 0 Å². The first-order chi connectivity index (χ1) is 14.2. The van der Waals surface area contributed by atoms with Gasteiger partial charge in [-0.2, -0.15) is 8.42 Å². The first-order valence-electron chi connectivity index (χ1n) is 7.48. The molecule has 0 aliphatic rings. The fourth-order valence-corrected chi connectivity index (χ4v) is 3.89. The van der Waals surface area contributed by atoms with Gasteiger partial charge in [0.1, 0.15) is 14.7 Å². The Bertz CT molecular complexity index is 1240. The molecule has 0 aliphatic heterocycles. The number of nitrogens with zero attached hydrogens (tertiary/aromatic N) is 3. The number of halogens is 3. The lowest BCUT2D eigenvalue weighted by Gasteiger charge is -1.93. The van der Waals surface area contributed by atoms with Crippen molar-refractivity contribution in [3.63, 3.8) is 0 Å². The summed E-state index contributed by atoms with van der Waals surface area (Å²) in [6.45, 7) is 0. The van der Waals surface area contributed by atoms with E-state index in [-0.39, 0.29) is 14.7 Å². The maximum absolute atomic E-state index is 10.7. The SMILES string of the molecule is O=S(=O)(Cl)c1cccnc1.O=S(=O)(Cl)c1cncc(Br)c1.O=S(=O)(O)c1cccnc1. The lowest BCUT2D eigenvalue weighted by molar-refractivity contribution is 0.482. The van der Waals surface area contributed by atoms with Crippen molar-refractivity contribution in [1.82, 2.24) is 15.0 Å². The largest absolute Gasteiger partial charge is 0.296 e. The lowest BCUT2D eigenvalue weighted by Crippen LogP contribution is -1.97. The Kier molecular flexibility index (Phi) is 10.4. The zero-order valence-corrected chi connectivity index (χ0v) is 20.5. The third-order valence-electron chi connectivity index (χ3n) is 2.81. The Morgan fingerprint density at radius 1 is 0.710 bits per heavy atom. The van der Waals surface area contributed by atoms with E-state index in [1.165, 1.54) is 61.3 Å². The van der Waals surface area contributed by atoms with Gasteiger partial charge in [-0.05, 0) is 46.3 Å². The van der Waals surface area contributed by atoms with E-state index in [0.717, 1.165) is 6.20 Å². The molecule has 3 aromatic heterocycles. The Balaban J connectivity index is 0.000000233. The van der Waals surface area contributed by atoms with Gasteiger partial charge in [0.15, 0.2) is 0 Å².